The lowest BCUT2D eigenvalue weighted by molar-refractivity contribution is -0.137. The summed E-state index contributed by atoms with van der Waals surface area (Å²) in [6, 6.07) is 3.17. The van der Waals surface area contributed by atoms with Gasteiger partial charge in [0.15, 0.2) is 11.5 Å². The zero-order chi connectivity index (χ0) is 15.6. The maximum Gasteiger partial charge on any atom is 0.337 e. The Morgan fingerprint density at radius 3 is 2.29 bits per heavy atom. The number of hydrogen-bond donors (Lipinski definition) is 1. The van der Waals surface area contributed by atoms with Crippen LogP contribution in [0.3, 0.4) is 0 Å². The van der Waals surface area contributed by atoms with E-state index in [-0.39, 0.29) is 6.42 Å². The number of carbonyl (C=O) groups is 2. The molecule has 1 aromatic rings. The number of ether oxygens (including phenoxy) is 3. The highest BCUT2D eigenvalue weighted by Gasteiger charge is 2.48. The normalized spacial score (nSPS) is 15.2. The first-order valence-electron chi connectivity index (χ1n) is 6.54. The summed E-state index contributed by atoms with van der Waals surface area (Å²) < 4.78 is 15.4. The number of carboxylic acid groups (broad SMARTS) is 1. The van der Waals surface area contributed by atoms with Crippen molar-refractivity contribution in [2.75, 3.05) is 21.3 Å². The summed E-state index contributed by atoms with van der Waals surface area (Å²) in [7, 11) is 4.26. The number of benzene rings is 1. The number of carbonyl (C=O) groups excluding carboxylic acids is 1. The number of esters is 1. The summed E-state index contributed by atoms with van der Waals surface area (Å²) in [4.78, 5) is 22.9. The molecule has 0 bridgehead atoms. The van der Waals surface area contributed by atoms with Crippen LogP contribution >= 0.6 is 0 Å². The SMILES string of the molecule is COC(=O)c1cc(OC)c(OC)c(C2(CC(=O)O)CC2)c1. The highest BCUT2D eigenvalue weighted by atomic mass is 16.5. The monoisotopic (exact) mass is 294 g/mol. The fourth-order valence-corrected chi connectivity index (χ4v) is 2.58. The summed E-state index contributed by atoms with van der Waals surface area (Å²) in [5.74, 6) is -0.503. The van der Waals surface area contributed by atoms with Crippen molar-refractivity contribution in [3.05, 3.63) is 23.3 Å². The number of methoxy groups -OCH3 is 3. The van der Waals surface area contributed by atoms with Crippen molar-refractivity contribution in [2.45, 2.75) is 24.7 Å². The third-order valence-electron chi connectivity index (χ3n) is 3.81. The topological polar surface area (TPSA) is 82.1 Å². The summed E-state index contributed by atoms with van der Waals surface area (Å²) in [5, 5.41) is 9.10. The molecule has 1 aliphatic rings. The maximum atomic E-state index is 11.8. The molecule has 1 aliphatic carbocycles. The molecule has 0 spiro atoms. The molecule has 1 fully saturated rings. The molecule has 1 aromatic carbocycles. The van der Waals surface area contributed by atoms with Crippen LogP contribution in [0.15, 0.2) is 12.1 Å². The molecule has 114 valence electrons. The number of hydrogen-bond acceptors (Lipinski definition) is 5. The van der Waals surface area contributed by atoms with Crippen molar-refractivity contribution in [1.82, 2.24) is 0 Å². The van der Waals surface area contributed by atoms with Gasteiger partial charge in [0.25, 0.3) is 0 Å². The van der Waals surface area contributed by atoms with Crippen LogP contribution in [0.2, 0.25) is 0 Å². The van der Waals surface area contributed by atoms with Gasteiger partial charge in [-0.05, 0) is 25.0 Å². The van der Waals surface area contributed by atoms with E-state index in [1.54, 1.807) is 6.07 Å². The van der Waals surface area contributed by atoms with Crippen molar-refractivity contribution in [1.29, 1.82) is 0 Å². The van der Waals surface area contributed by atoms with Gasteiger partial charge in [0, 0.05) is 11.0 Å². The van der Waals surface area contributed by atoms with E-state index in [2.05, 4.69) is 0 Å². The first kappa shape index (κ1) is 15.2. The maximum absolute atomic E-state index is 11.8. The van der Waals surface area contributed by atoms with Crippen molar-refractivity contribution < 1.29 is 28.9 Å². The summed E-state index contributed by atoms with van der Waals surface area (Å²) in [5.41, 5.74) is 0.517. The van der Waals surface area contributed by atoms with Crippen LogP contribution in [-0.4, -0.2) is 38.4 Å². The standard InChI is InChI=1S/C15H18O6/c1-19-11-7-9(14(18)21-3)6-10(13(11)20-2)15(4-5-15)8-12(16)17/h6-7H,4-5,8H2,1-3H3,(H,16,17). The lowest BCUT2D eigenvalue weighted by Crippen LogP contribution is -2.16. The van der Waals surface area contributed by atoms with Gasteiger partial charge in [0.1, 0.15) is 0 Å². The molecule has 0 unspecified atom stereocenters. The van der Waals surface area contributed by atoms with E-state index in [0.29, 0.717) is 22.6 Å². The lowest BCUT2D eigenvalue weighted by Gasteiger charge is -2.20. The minimum absolute atomic E-state index is 0.00284. The first-order chi connectivity index (χ1) is 9.97. The molecule has 21 heavy (non-hydrogen) atoms. The average Bonchev–Trinajstić information content (AvgIpc) is 3.24. The van der Waals surface area contributed by atoms with Crippen LogP contribution in [0.4, 0.5) is 0 Å². The van der Waals surface area contributed by atoms with Crippen molar-refractivity contribution in [3.63, 3.8) is 0 Å². The molecule has 0 radical (unpaired) electrons. The van der Waals surface area contributed by atoms with E-state index in [9.17, 15) is 9.59 Å². The lowest BCUT2D eigenvalue weighted by atomic mass is 9.89. The number of aliphatic carboxylic acids is 1. The minimum atomic E-state index is -0.878. The Balaban J connectivity index is 2.57. The smallest absolute Gasteiger partial charge is 0.337 e. The fourth-order valence-electron chi connectivity index (χ4n) is 2.58. The van der Waals surface area contributed by atoms with Crippen LogP contribution < -0.4 is 9.47 Å². The van der Waals surface area contributed by atoms with E-state index >= 15 is 0 Å². The van der Waals surface area contributed by atoms with Gasteiger partial charge < -0.3 is 19.3 Å². The Hall–Kier alpha value is -2.24. The first-order valence-corrected chi connectivity index (χ1v) is 6.54. The predicted molar refractivity (Wildman–Crippen MR) is 74.1 cm³/mol. The van der Waals surface area contributed by atoms with Gasteiger partial charge in [0.05, 0.1) is 33.3 Å². The molecule has 2 rings (SSSR count). The fraction of sp³-hybridized carbons (Fsp3) is 0.467. The second-order valence-electron chi connectivity index (χ2n) is 5.10. The Morgan fingerprint density at radius 1 is 1.19 bits per heavy atom. The third kappa shape index (κ3) is 2.79. The molecule has 1 N–H and O–H groups in total. The van der Waals surface area contributed by atoms with Gasteiger partial charge in [-0.3, -0.25) is 4.79 Å². The Kier molecular flexibility index (Phi) is 4.06. The Bertz CT molecular complexity index is 574. The molecule has 0 aliphatic heterocycles. The van der Waals surface area contributed by atoms with Crippen molar-refractivity contribution >= 4 is 11.9 Å². The minimum Gasteiger partial charge on any atom is -0.493 e. The number of rotatable bonds is 6. The Morgan fingerprint density at radius 2 is 1.86 bits per heavy atom. The third-order valence-corrected chi connectivity index (χ3v) is 3.81. The highest BCUT2D eigenvalue weighted by molar-refractivity contribution is 5.91. The van der Waals surface area contributed by atoms with E-state index < -0.39 is 17.4 Å². The molecular weight excluding hydrogens is 276 g/mol. The van der Waals surface area contributed by atoms with E-state index in [0.717, 1.165) is 12.8 Å². The molecule has 0 heterocycles. The van der Waals surface area contributed by atoms with E-state index in [1.165, 1.54) is 27.4 Å². The van der Waals surface area contributed by atoms with Crippen LogP contribution in [0, 0.1) is 0 Å². The molecule has 0 saturated heterocycles. The van der Waals surface area contributed by atoms with Crippen LogP contribution in [0.25, 0.3) is 0 Å². The zero-order valence-corrected chi connectivity index (χ0v) is 12.3. The zero-order valence-electron chi connectivity index (χ0n) is 12.3. The molecule has 6 nitrogen and oxygen atoms in total. The molecule has 1 saturated carbocycles. The largest absolute Gasteiger partial charge is 0.493 e. The number of carboxylic acids is 1. The van der Waals surface area contributed by atoms with Crippen molar-refractivity contribution in [2.24, 2.45) is 0 Å². The summed E-state index contributed by atoms with van der Waals surface area (Å²) in [6.07, 6.45) is 1.48. The van der Waals surface area contributed by atoms with Crippen LogP contribution in [0.1, 0.15) is 35.2 Å². The summed E-state index contributed by atoms with van der Waals surface area (Å²) >= 11 is 0. The van der Waals surface area contributed by atoms with Gasteiger partial charge >= 0.3 is 11.9 Å². The van der Waals surface area contributed by atoms with Gasteiger partial charge in [0.2, 0.25) is 0 Å². The highest BCUT2D eigenvalue weighted by Crippen LogP contribution is 2.55. The molecule has 0 atom stereocenters. The summed E-state index contributed by atoms with van der Waals surface area (Å²) in [6.45, 7) is 0. The van der Waals surface area contributed by atoms with Crippen molar-refractivity contribution in [3.8, 4) is 11.5 Å². The molecule has 6 heteroatoms. The molecule has 0 aromatic heterocycles. The van der Waals surface area contributed by atoms with Crippen LogP contribution in [0.5, 0.6) is 11.5 Å². The van der Waals surface area contributed by atoms with E-state index in [1.807, 2.05) is 0 Å². The predicted octanol–water partition coefficient (Wildman–Crippen LogP) is 2.00. The second kappa shape index (κ2) is 5.63. The average molecular weight is 294 g/mol. The quantitative estimate of drug-likeness (QED) is 0.808. The molecule has 0 amide bonds. The van der Waals surface area contributed by atoms with Gasteiger partial charge in [-0.1, -0.05) is 0 Å². The van der Waals surface area contributed by atoms with Gasteiger partial charge in [-0.25, -0.2) is 4.79 Å². The molecular formula is C15H18O6. The second-order valence-corrected chi connectivity index (χ2v) is 5.10. The Labute approximate surface area is 122 Å². The van der Waals surface area contributed by atoms with Crippen LogP contribution in [-0.2, 0) is 14.9 Å². The van der Waals surface area contributed by atoms with Gasteiger partial charge in [-0.15, -0.1) is 0 Å². The van der Waals surface area contributed by atoms with Gasteiger partial charge in [-0.2, -0.15) is 0 Å². The van der Waals surface area contributed by atoms with E-state index in [4.69, 9.17) is 19.3 Å².